The Morgan fingerprint density at radius 1 is 1.35 bits per heavy atom. The monoisotopic (exact) mass is 274 g/mol. The van der Waals surface area contributed by atoms with Crippen LogP contribution in [-0.2, 0) is 4.79 Å². The lowest BCUT2D eigenvalue weighted by molar-refractivity contribution is -0.133. The standard InChI is InChI=1S/C17H26N2O/c1-13(2)16(15-7-5-4-6-8-15)11-17(20)19-10-9-18-14(3)12-19/h4-8,13-14,16,18H,9-12H2,1-3H3. The van der Waals surface area contributed by atoms with Crippen molar-refractivity contribution in [3.8, 4) is 0 Å². The van der Waals surface area contributed by atoms with Crippen LogP contribution in [0.25, 0.3) is 0 Å². The van der Waals surface area contributed by atoms with Gasteiger partial charge in [0.15, 0.2) is 0 Å². The average Bonchev–Trinajstić information content (AvgIpc) is 2.45. The fraction of sp³-hybridized carbons (Fsp3) is 0.588. The van der Waals surface area contributed by atoms with Crippen LogP contribution in [-0.4, -0.2) is 36.5 Å². The third-order valence-electron chi connectivity index (χ3n) is 4.15. The number of carbonyl (C=O) groups excluding carboxylic acids is 1. The Bertz CT molecular complexity index is 430. The minimum atomic E-state index is 0.293. The highest BCUT2D eigenvalue weighted by Crippen LogP contribution is 2.28. The molecule has 0 bridgehead atoms. The molecule has 1 aromatic carbocycles. The van der Waals surface area contributed by atoms with Gasteiger partial charge in [-0.15, -0.1) is 0 Å². The number of carbonyl (C=O) groups is 1. The SMILES string of the molecule is CC1CN(C(=O)CC(c2ccccc2)C(C)C)CCN1. The maximum absolute atomic E-state index is 12.5. The van der Waals surface area contributed by atoms with E-state index in [0.29, 0.717) is 30.2 Å². The molecule has 2 rings (SSSR count). The van der Waals surface area contributed by atoms with Crippen molar-refractivity contribution < 1.29 is 4.79 Å². The lowest BCUT2D eigenvalue weighted by Crippen LogP contribution is -2.51. The Hall–Kier alpha value is -1.35. The van der Waals surface area contributed by atoms with Crippen LogP contribution >= 0.6 is 0 Å². The number of benzene rings is 1. The van der Waals surface area contributed by atoms with Gasteiger partial charge < -0.3 is 10.2 Å². The van der Waals surface area contributed by atoms with E-state index in [1.807, 2.05) is 11.0 Å². The maximum atomic E-state index is 12.5. The van der Waals surface area contributed by atoms with E-state index < -0.39 is 0 Å². The molecule has 0 radical (unpaired) electrons. The molecule has 20 heavy (non-hydrogen) atoms. The van der Waals surface area contributed by atoms with E-state index in [1.165, 1.54) is 5.56 Å². The molecule has 1 aliphatic rings. The lowest BCUT2D eigenvalue weighted by atomic mass is 9.85. The molecule has 1 aromatic rings. The van der Waals surface area contributed by atoms with Gasteiger partial charge >= 0.3 is 0 Å². The van der Waals surface area contributed by atoms with E-state index in [1.54, 1.807) is 0 Å². The first-order chi connectivity index (χ1) is 9.58. The molecular weight excluding hydrogens is 248 g/mol. The van der Waals surface area contributed by atoms with Gasteiger partial charge in [0.25, 0.3) is 0 Å². The number of nitrogens with one attached hydrogen (secondary N) is 1. The van der Waals surface area contributed by atoms with Gasteiger partial charge in [-0.05, 0) is 24.3 Å². The third-order valence-corrected chi connectivity index (χ3v) is 4.15. The zero-order valence-electron chi connectivity index (χ0n) is 12.8. The van der Waals surface area contributed by atoms with E-state index in [0.717, 1.165) is 19.6 Å². The van der Waals surface area contributed by atoms with E-state index in [2.05, 4.69) is 50.4 Å². The van der Waals surface area contributed by atoms with Gasteiger partial charge in [-0.2, -0.15) is 0 Å². The van der Waals surface area contributed by atoms with E-state index >= 15 is 0 Å². The molecule has 1 N–H and O–H groups in total. The number of amides is 1. The summed E-state index contributed by atoms with van der Waals surface area (Å²) >= 11 is 0. The van der Waals surface area contributed by atoms with Gasteiger partial charge in [0.1, 0.15) is 0 Å². The first kappa shape index (κ1) is 15.0. The quantitative estimate of drug-likeness (QED) is 0.915. The van der Waals surface area contributed by atoms with Crippen LogP contribution in [0.2, 0.25) is 0 Å². The van der Waals surface area contributed by atoms with Crippen LogP contribution in [0, 0.1) is 5.92 Å². The minimum Gasteiger partial charge on any atom is -0.340 e. The van der Waals surface area contributed by atoms with Gasteiger partial charge in [0, 0.05) is 32.1 Å². The topological polar surface area (TPSA) is 32.3 Å². The lowest BCUT2D eigenvalue weighted by Gasteiger charge is -2.33. The van der Waals surface area contributed by atoms with Crippen molar-refractivity contribution in [2.75, 3.05) is 19.6 Å². The van der Waals surface area contributed by atoms with Crippen molar-refractivity contribution in [2.45, 2.75) is 39.2 Å². The van der Waals surface area contributed by atoms with Gasteiger partial charge in [0.2, 0.25) is 5.91 Å². The van der Waals surface area contributed by atoms with Crippen molar-refractivity contribution in [2.24, 2.45) is 5.92 Å². The second kappa shape index (κ2) is 6.89. The van der Waals surface area contributed by atoms with Crippen molar-refractivity contribution in [1.82, 2.24) is 10.2 Å². The molecular formula is C17H26N2O. The van der Waals surface area contributed by atoms with Gasteiger partial charge in [-0.3, -0.25) is 4.79 Å². The third kappa shape index (κ3) is 3.83. The van der Waals surface area contributed by atoms with Crippen LogP contribution in [0.1, 0.15) is 38.7 Å². The Labute approximate surface area is 122 Å². The summed E-state index contributed by atoms with van der Waals surface area (Å²) in [6, 6.07) is 10.8. The molecule has 0 spiro atoms. The van der Waals surface area contributed by atoms with Crippen LogP contribution in [0.5, 0.6) is 0 Å². The highest BCUT2D eigenvalue weighted by atomic mass is 16.2. The largest absolute Gasteiger partial charge is 0.340 e. The number of nitrogens with zero attached hydrogens (tertiary/aromatic N) is 1. The summed E-state index contributed by atoms with van der Waals surface area (Å²) in [6.45, 7) is 9.11. The molecule has 0 aromatic heterocycles. The second-order valence-electron chi connectivity index (χ2n) is 6.16. The predicted molar refractivity (Wildman–Crippen MR) is 82.7 cm³/mol. The first-order valence-electron chi connectivity index (χ1n) is 7.64. The number of piperazine rings is 1. The van der Waals surface area contributed by atoms with Crippen molar-refractivity contribution in [1.29, 1.82) is 0 Å². The molecule has 1 saturated heterocycles. The molecule has 3 nitrogen and oxygen atoms in total. The van der Waals surface area contributed by atoms with Crippen LogP contribution in [0.4, 0.5) is 0 Å². The summed E-state index contributed by atoms with van der Waals surface area (Å²) in [7, 11) is 0. The molecule has 1 aliphatic heterocycles. The number of hydrogen-bond donors (Lipinski definition) is 1. The molecule has 1 fully saturated rings. The van der Waals surface area contributed by atoms with Crippen molar-refractivity contribution >= 4 is 5.91 Å². The van der Waals surface area contributed by atoms with Gasteiger partial charge in [-0.25, -0.2) is 0 Å². The normalized spacial score (nSPS) is 21.0. The molecule has 1 heterocycles. The van der Waals surface area contributed by atoms with Crippen molar-refractivity contribution in [3.05, 3.63) is 35.9 Å². The van der Waals surface area contributed by atoms with E-state index in [-0.39, 0.29) is 0 Å². The summed E-state index contributed by atoms with van der Waals surface area (Å²) in [4.78, 5) is 14.5. The van der Waals surface area contributed by atoms with Gasteiger partial charge in [-0.1, -0.05) is 44.2 Å². The minimum absolute atomic E-state index is 0.293. The highest BCUT2D eigenvalue weighted by Gasteiger charge is 2.25. The zero-order chi connectivity index (χ0) is 14.5. The Kier molecular flexibility index (Phi) is 5.18. The molecule has 110 valence electrons. The molecule has 2 unspecified atom stereocenters. The Morgan fingerprint density at radius 2 is 2.05 bits per heavy atom. The molecule has 0 saturated carbocycles. The second-order valence-corrected chi connectivity index (χ2v) is 6.16. The van der Waals surface area contributed by atoms with E-state index in [4.69, 9.17) is 0 Å². The Morgan fingerprint density at radius 3 is 2.65 bits per heavy atom. The maximum Gasteiger partial charge on any atom is 0.223 e. The fourth-order valence-electron chi connectivity index (χ4n) is 2.91. The fourth-order valence-corrected chi connectivity index (χ4v) is 2.91. The summed E-state index contributed by atoms with van der Waals surface area (Å²) in [6.07, 6.45) is 0.619. The Balaban J connectivity index is 2.03. The van der Waals surface area contributed by atoms with E-state index in [9.17, 15) is 4.79 Å². The number of rotatable bonds is 4. The summed E-state index contributed by atoms with van der Waals surface area (Å²) in [5, 5.41) is 3.38. The van der Waals surface area contributed by atoms with Gasteiger partial charge in [0.05, 0.1) is 0 Å². The van der Waals surface area contributed by atoms with Crippen LogP contribution < -0.4 is 5.32 Å². The molecule has 0 aliphatic carbocycles. The summed E-state index contributed by atoms with van der Waals surface area (Å²) in [5.74, 6) is 1.08. The van der Waals surface area contributed by atoms with Crippen molar-refractivity contribution in [3.63, 3.8) is 0 Å². The predicted octanol–water partition coefficient (Wildman–Crippen LogP) is 2.64. The zero-order valence-corrected chi connectivity index (χ0v) is 12.8. The molecule has 2 atom stereocenters. The summed E-state index contributed by atoms with van der Waals surface area (Å²) in [5.41, 5.74) is 1.28. The van der Waals surface area contributed by atoms with Crippen LogP contribution in [0.3, 0.4) is 0 Å². The summed E-state index contributed by atoms with van der Waals surface area (Å²) < 4.78 is 0. The first-order valence-corrected chi connectivity index (χ1v) is 7.64. The number of hydrogen-bond acceptors (Lipinski definition) is 2. The van der Waals surface area contributed by atoms with Crippen LogP contribution in [0.15, 0.2) is 30.3 Å². The highest BCUT2D eigenvalue weighted by molar-refractivity contribution is 5.77. The average molecular weight is 274 g/mol. The molecule has 3 heteroatoms. The molecule has 1 amide bonds. The smallest absolute Gasteiger partial charge is 0.223 e.